The number of nitrogens with zero attached hydrogens (tertiary/aromatic N) is 3. The summed E-state index contributed by atoms with van der Waals surface area (Å²) >= 11 is 1.22. The van der Waals surface area contributed by atoms with Crippen LogP contribution in [0.2, 0.25) is 0 Å². The van der Waals surface area contributed by atoms with Gasteiger partial charge in [-0.15, -0.1) is 11.3 Å². The zero-order valence-electron chi connectivity index (χ0n) is 19.7. The zero-order valence-corrected chi connectivity index (χ0v) is 20.5. The van der Waals surface area contributed by atoms with Crippen molar-refractivity contribution in [1.82, 2.24) is 20.1 Å². The second-order valence-corrected chi connectivity index (χ2v) is 9.75. The molecule has 2 aromatic rings. The van der Waals surface area contributed by atoms with Crippen molar-refractivity contribution in [2.75, 3.05) is 13.1 Å². The number of carbonyl (C=O) groups excluding carboxylic acids is 1. The van der Waals surface area contributed by atoms with Crippen molar-refractivity contribution >= 4 is 29.5 Å². The summed E-state index contributed by atoms with van der Waals surface area (Å²) in [6.45, 7) is 8.29. The molecular formula is C24H29FN4O4S. The van der Waals surface area contributed by atoms with Gasteiger partial charge in [0.1, 0.15) is 16.4 Å². The van der Waals surface area contributed by atoms with Crippen LogP contribution in [0.15, 0.2) is 35.5 Å². The highest BCUT2D eigenvalue weighted by Gasteiger charge is 2.31. The van der Waals surface area contributed by atoms with E-state index in [0.717, 1.165) is 5.69 Å². The van der Waals surface area contributed by atoms with Gasteiger partial charge in [-0.05, 0) is 58.8 Å². The van der Waals surface area contributed by atoms with E-state index in [-0.39, 0.29) is 17.7 Å². The Morgan fingerprint density at radius 3 is 2.62 bits per heavy atom. The normalized spacial score (nSPS) is 16.0. The van der Waals surface area contributed by atoms with E-state index in [1.807, 2.05) is 20.8 Å². The zero-order chi connectivity index (χ0) is 24.9. The van der Waals surface area contributed by atoms with E-state index in [9.17, 15) is 19.1 Å². The van der Waals surface area contributed by atoms with Crippen LogP contribution < -0.4 is 0 Å². The van der Waals surface area contributed by atoms with E-state index in [1.54, 1.807) is 30.1 Å². The Labute approximate surface area is 201 Å². The summed E-state index contributed by atoms with van der Waals surface area (Å²) in [5.74, 6) is -1.43. The highest BCUT2D eigenvalue weighted by atomic mass is 32.1. The maximum Gasteiger partial charge on any atom is 0.410 e. The van der Waals surface area contributed by atoms with Crippen LogP contribution in [0.5, 0.6) is 0 Å². The van der Waals surface area contributed by atoms with Gasteiger partial charge in [0.2, 0.25) is 0 Å². The van der Waals surface area contributed by atoms with Gasteiger partial charge in [0.05, 0.1) is 11.3 Å². The van der Waals surface area contributed by atoms with Crippen LogP contribution in [0, 0.1) is 0 Å². The Hall–Kier alpha value is -3.27. The molecule has 0 aliphatic carbocycles. The lowest BCUT2D eigenvalue weighted by Gasteiger charge is -2.33. The van der Waals surface area contributed by atoms with Crippen molar-refractivity contribution < 1.29 is 23.8 Å². The first-order chi connectivity index (χ1) is 16.1. The fourth-order valence-electron chi connectivity index (χ4n) is 3.62. The fourth-order valence-corrected chi connectivity index (χ4v) is 4.48. The summed E-state index contributed by atoms with van der Waals surface area (Å²) in [7, 11) is 0. The number of piperidine rings is 1. The summed E-state index contributed by atoms with van der Waals surface area (Å²) in [6.07, 6.45) is 8.52. The van der Waals surface area contributed by atoms with Gasteiger partial charge in [-0.25, -0.2) is 19.0 Å². The first kappa shape index (κ1) is 25.4. The number of carbonyl (C=O) groups is 2. The van der Waals surface area contributed by atoms with Crippen molar-refractivity contribution in [3.8, 4) is 10.6 Å². The van der Waals surface area contributed by atoms with Crippen molar-refractivity contribution in [2.45, 2.75) is 52.1 Å². The predicted molar refractivity (Wildman–Crippen MR) is 129 cm³/mol. The van der Waals surface area contributed by atoms with Gasteiger partial charge in [0.25, 0.3) is 0 Å². The maximum absolute atomic E-state index is 13.7. The molecule has 1 amide bonds. The lowest BCUT2D eigenvalue weighted by Crippen LogP contribution is -2.41. The number of allylic oxidation sites excluding steroid dienone is 5. The average molecular weight is 489 g/mol. The molecule has 0 saturated carbocycles. The number of aromatic amines is 1. The summed E-state index contributed by atoms with van der Waals surface area (Å²) in [5.41, 5.74) is 1.47. The predicted octanol–water partition coefficient (Wildman–Crippen LogP) is 5.79. The van der Waals surface area contributed by atoms with Crippen LogP contribution in [0.1, 0.15) is 68.3 Å². The minimum absolute atomic E-state index is 0.0409. The number of halogens is 1. The van der Waals surface area contributed by atoms with Crippen LogP contribution in [0.25, 0.3) is 16.6 Å². The number of amides is 1. The first-order valence-corrected chi connectivity index (χ1v) is 11.9. The van der Waals surface area contributed by atoms with Crippen LogP contribution in [0.4, 0.5) is 9.18 Å². The van der Waals surface area contributed by atoms with Crippen LogP contribution >= 0.6 is 11.3 Å². The third-order valence-electron chi connectivity index (χ3n) is 5.15. The number of hydrogen-bond donors (Lipinski definition) is 2. The molecule has 0 radical (unpaired) electrons. The number of nitrogens with one attached hydrogen (secondary N) is 1. The molecule has 1 aliphatic heterocycles. The van der Waals surface area contributed by atoms with Crippen LogP contribution in [-0.4, -0.2) is 55.9 Å². The van der Waals surface area contributed by atoms with Crippen molar-refractivity contribution in [3.63, 3.8) is 0 Å². The monoisotopic (exact) mass is 488 g/mol. The molecule has 10 heteroatoms. The van der Waals surface area contributed by atoms with Crippen molar-refractivity contribution in [2.24, 2.45) is 0 Å². The standard InChI is InChI=1S/C24H29FN4O4S/c1-5-7-16(25)8-6-9-17-19(21-26-18(14-34-21)22(30)31)20(28-27-17)15-10-12-29(13-11-15)23(32)33-24(2,3)4/h5-9,14-15H,10-13H2,1-4H3,(H,27,28)(H,30,31)/b7-5-,9-6+,16-8+. The topological polar surface area (TPSA) is 108 Å². The summed E-state index contributed by atoms with van der Waals surface area (Å²) in [4.78, 5) is 29.7. The Balaban J connectivity index is 1.87. The summed E-state index contributed by atoms with van der Waals surface area (Å²) < 4.78 is 19.2. The molecular weight excluding hydrogens is 459 g/mol. The first-order valence-electron chi connectivity index (χ1n) is 11.0. The number of aromatic nitrogens is 3. The number of aromatic carboxylic acids is 1. The van der Waals surface area contributed by atoms with Crippen LogP contribution in [0.3, 0.4) is 0 Å². The Bertz CT molecular complexity index is 1120. The number of carboxylic acids is 1. The third-order valence-corrected chi connectivity index (χ3v) is 6.01. The average Bonchev–Trinajstić information content (AvgIpc) is 3.40. The van der Waals surface area contributed by atoms with Crippen molar-refractivity contribution in [3.05, 3.63) is 52.6 Å². The Morgan fingerprint density at radius 2 is 2.03 bits per heavy atom. The summed E-state index contributed by atoms with van der Waals surface area (Å²) in [6, 6.07) is 0. The number of carboxylic acid groups (broad SMARTS) is 1. The number of thiazole rings is 1. The quantitative estimate of drug-likeness (QED) is 0.498. The summed E-state index contributed by atoms with van der Waals surface area (Å²) in [5, 5.41) is 18.8. The Kier molecular flexibility index (Phi) is 8.03. The van der Waals surface area contributed by atoms with Crippen LogP contribution in [-0.2, 0) is 4.74 Å². The van der Waals surface area contributed by atoms with Gasteiger partial charge < -0.3 is 14.7 Å². The second kappa shape index (κ2) is 10.8. The molecule has 182 valence electrons. The van der Waals surface area contributed by atoms with Crippen molar-refractivity contribution in [1.29, 1.82) is 0 Å². The molecule has 3 heterocycles. The van der Waals surface area contributed by atoms with Gasteiger partial charge >= 0.3 is 12.1 Å². The van der Waals surface area contributed by atoms with E-state index < -0.39 is 17.4 Å². The lowest BCUT2D eigenvalue weighted by molar-refractivity contribution is 0.0204. The second-order valence-electron chi connectivity index (χ2n) is 8.89. The molecule has 1 saturated heterocycles. The van der Waals surface area contributed by atoms with Gasteiger partial charge in [-0.2, -0.15) is 5.10 Å². The van der Waals surface area contributed by atoms with Gasteiger partial charge in [-0.1, -0.05) is 12.2 Å². The van der Waals surface area contributed by atoms with Gasteiger partial charge in [0, 0.05) is 30.1 Å². The molecule has 0 atom stereocenters. The van der Waals surface area contributed by atoms with E-state index >= 15 is 0 Å². The molecule has 0 spiro atoms. The molecule has 1 fully saturated rings. The van der Waals surface area contributed by atoms with E-state index in [4.69, 9.17) is 4.74 Å². The fraction of sp³-hybridized carbons (Fsp3) is 0.417. The molecule has 1 aliphatic rings. The number of hydrogen-bond acceptors (Lipinski definition) is 6. The minimum Gasteiger partial charge on any atom is -0.476 e. The number of ether oxygens (including phenoxy) is 1. The highest BCUT2D eigenvalue weighted by molar-refractivity contribution is 7.13. The van der Waals surface area contributed by atoms with E-state index in [2.05, 4.69) is 15.2 Å². The molecule has 0 aromatic carbocycles. The minimum atomic E-state index is -1.10. The largest absolute Gasteiger partial charge is 0.476 e. The van der Waals surface area contributed by atoms with Gasteiger partial charge in [0.15, 0.2) is 5.69 Å². The molecule has 0 bridgehead atoms. The van der Waals surface area contributed by atoms with E-state index in [0.29, 0.717) is 42.2 Å². The smallest absolute Gasteiger partial charge is 0.410 e. The SMILES string of the molecule is C\C=C/C(F)=C\C=C\c1n[nH]c(C2CCN(C(=O)OC(C)(C)C)CC2)c1-c1nc(C(=O)O)cs1. The van der Waals surface area contributed by atoms with E-state index in [1.165, 1.54) is 28.9 Å². The molecule has 8 nitrogen and oxygen atoms in total. The Morgan fingerprint density at radius 1 is 1.32 bits per heavy atom. The number of rotatable bonds is 6. The third kappa shape index (κ3) is 6.40. The maximum atomic E-state index is 13.7. The molecule has 2 aromatic heterocycles. The molecule has 3 rings (SSSR count). The van der Waals surface area contributed by atoms with Gasteiger partial charge in [-0.3, -0.25) is 5.10 Å². The molecule has 34 heavy (non-hydrogen) atoms. The molecule has 0 unspecified atom stereocenters. The number of H-pyrrole nitrogens is 1. The lowest BCUT2D eigenvalue weighted by atomic mass is 9.91. The number of likely N-dealkylation sites (tertiary alicyclic amines) is 1. The molecule has 2 N–H and O–H groups in total. The highest BCUT2D eigenvalue weighted by Crippen LogP contribution is 2.38.